The van der Waals surface area contributed by atoms with Crippen molar-refractivity contribution in [1.29, 1.82) is 0 Å². The average Bonchev–Trinajstić information content (AvgIpc) is 3.20. The first kappa shape index (κ1) is 15.0. The van der Waals surface area contributed by atoms with Crippen LogP contribution in [0.1, 0.15) is 18.9 Å². The average molecular weight is 339 g/mol. The number of fused-ring (bicyclic) bond motifs is 1. The second kappa shape index (κ2) is 5.21. The van der Waals surface area contributed by atoms with Crippen LogP contribution in [0, 0.1) is 0 Å². The molecular formula is C18H17N3O2S. The number of hydrogen-bond acceptors (Lipinski definition) is 5. The van der Waals surface area contributed by atoms with Crippen molar-refractivity contribution in [3.8, 4) is 11.1 Å². The molecule has 122 valence electrons. The Morgan fingerprint density at radius 2 is 2.21 bits per heavy atom. The summed E-state index contributed by atoms with van der Waals surface area (Å²) in [5, 5.41) is 3.26. The van der Waals surface area contributed by atoms with Gasteiger partial charge in [-0.3, -0.25) is 9.69 Å². The maximum Gasteiger partial charge on any atom is 0.231 e. The lowest BCUT2D eigenvalue weighted by Crippen LogP contribution is -2.47. The van der Waals surface area contributed by atoms with Gasteiger partial charge >= 0.3 is 0 Å². The minimum absolute atomic E-state index is 0.0227. The molecule has 4 rings (SSSR count). The number of benzene rings is 1. The number of thiophene rings is 1. The molecule has 0 unspecified atom stereocenters. The molecule has 1 atom stereocenters. The van der Waals surface area contributed by atoms with Gasteiger partial charge < -0.3 is 10.2 Å². The molecule has 0 saturated heterocycles. The molecule has 0 saturated carbocycles. The van der Waals surface area contributed by atoms with Crippen molar-refractivity contribution in [3.05, 3.63) is 47.7 Å². The Hall–Kier alpha value is -2.60. The van der Waals surface area contributed by atoms with Crippen LogP contribution < -0.4 is 5.73 Å². The Morgan fingerprint density at radius 1 is 1.38 bits per heavy atom. The Balaban J connectivity index is 1.86. The van der Waals surface area contributed by atoms with E-state index in [1.54, 1.807) is 30.9 Å². The first-order valence-electron chi connectivity index (χ1n) is 7.64. The van der Waals surface area contributed by atoms with Crippen molar-refractivity contribution >= 4 is 33.3 Å². The van der Waals surface area contributed by atoms with Crippen LogP contribution in [0.15, 0.2) is 51.6 Å². The van der Waals surface area contributed by atoms with E-state index in [9.17, 15) is 4.79 Å². The molecule has 0 radical (unpaired) electrons. The summed E-state index contributed by atoms with van der Waals surface area (Å²) in [4.78, 5) is 18.2. The predicted molar refractivity (Wildman–Crippen MR) is 95.9 cm³/mol. The highest BCUT2D eigenvalue weighted by Gasteiger charge is 2.36. The molecule has 1 amide bonds. The highest BCUT2D eigenvalue weighted by atomic mass is 32.1. The molecule has 2 N–H and O–H groups in total. The largest absolute Gasteiger partial charge is 0.472 e. The summed E-state index contributed by atoms with van der Waals surface area (Å²) in [6.07, 6.45) is 3.72. The van der Waals surface area contributed by atoms with Gasteiger partial charge in [0.15, 0.2) is 5.96 Å². The number of nitrogens with zero attached hydrogens (tertiary/aromatic N) is 2. The fraction of sp³-hybridized carbons (Fsp3) is 0.222. The van der Waals surface area contributed by atoms with Crippen LogP contribution in [0.4, 0.5) is 0 Å². The summed E-state index contributed by atoms with van der Waals surface area (Å²) in [6.45, 7) is 1.95. The van der Waals surface area contributed by atoms with E-state index in [-0.39, 0.29) is 11.9 Å². The number of hydrogen-bond donors (Lipinski definition) is 1. The van der Waals surface area contributed by atoms with Gasteiger partial charge in [0.05, 0.1) is 24.5 Å². The molecule has 0 fully saturated rings. The van der Waals surface area contributed by atoms with Gasteiger partial charge in [0, 0.05) is 28.3 Å². The zero-order valence-corrected chi connectivity index (χ0v) is 14.3. The number of amides is 1. The normalized spacial score (nSPS) is 21.3. The molecule has 0 bridgehead atoms. The first-order valence-corrected chi connectivity index (χ1v) is 8.52. The SMILES string of the molecule is CN1C(=O)C[C@@](C)(c2ccc3scc(-c4ccoc4)c3c2)N=C1N. The Morgan fingerprint density at radius 3 is 2.92 bits per heavy atom. The van der Waals surface area contributed by atoms with Crippen LogP contribution in [0.3, 0.4) is 0 Å². The standard InChI is InChI=1S/C18H17N3O2S/c1-18(8-16(22)21(2)17(19)20-18)12-3-4-15-13(7-12)14(10-24-15)11-5-6-23-9-11/h3-7,9-10H,8H2,1-2H3,(H2,19,20)/t18-/m0/s1. The third-order valence-electron chi connectivity index (χ3n) is 4.60. The molecule has 0 aliphatic carbocycles. The number of aliphatic imine (C=N–C) groups is 1. The number of guanidine groups is 1. The van der Waals surface area contributed by atoms with E-state index in [0.29, 0.717) is 6.42 Å². The van der Waals surface area contributed by atoms with Crippen molar-refractivity contribution < 1.29 is 9.21 Å². The summed E-state index contributed by atoms with van der Waals surface area (Å²) >= 11 is 1.69. The van der Waals surface area contributed by atoms with Crippen LogP contribution in [-0.2, 0) is 10.3 Å². The summed E-state index contributed by atoms with van der Waals surface area (Å²) in [7, 11) is 1.65. The third-order valence-corrected chi connectivity index (χ3v) is 5.57. The van der Waals surface area contributed by atoms with Crippen molar-refractivity contribution in [3.63, 3.8) is 0 Å². The second-order valence-corrected chi connectivity index (χ2v) is 7.16. The molecule has 0 spiro atoms. The van der Waals surface area contributed by atoms with Gasteiger partial charge in [0.25, 0.3) is 0 Å². The van der Waals surface area contributed by atoms with Gasteiger partial charge in [0.2, 0.25) is 5.91 Å². The minimum Gasteiger partial charge on any atom is -0.472 e. The molecule has 3 heterocycles. The van der Waals surface area contributed by atoms with Crippen molar-refractivity contribution in [1.82, 2.24) is 4.90 Å². The first-order chi connectivity index (χ1) is 11.5. The molecule has 5 nitrogen and oxygen atoms in total. The van der Waals surface area contributed by atoms with E-state index in [1.165, 1.54) is 9.60 Å². The van der Waals surface area contributed by atoms with Crippen LogP contribution in [0.25, 0.3) is 21.2 Å². The van der Waals surface area contributed by atoms with Gasteiger partial charge in [0.1, 0.15) is 0 Å². The van der Waals surface area contributed by atoms with Crippen LogP contribution in [0.2, 0.25) is 0 Å². The number of rotatable bonds is 2. The Kier molecular flexibility index (Phi) is 3.25. The number of furan rings is 1. The molecule has 3 aromatic rings. The van der Waals surface area contributed by atoms with Crippen molar-refractivity contribution in [2.24, 2.45) is 10.7 Å². The lowest BCUT2D eigenvalue weighted by Gasteiger charge is -2.33. The van der Waals surface area contributed by atoms with E-state index in [0.717, 1.165) is 22.1 Å². The van der Waals surface area contributed by atoms with E-state index < -0.39 is 5.54 Å². The highest BCUT2D eigenvalue weighted by molar-refractivity contribution is 7.17. The van der Waals surface area contributed by atoms with Crippen molar-refractivity contribution in [2.45, 2.75) is 18.9 Å². The van der Waals surface area contributed by atoms with E-state index >= 15 is 0 Å². The van der Waals surface area contributed by atoms with Crippen LogP contribution in [-0.4, -0.2) is 23.8 Å². The fourth-order valence-corrected chi connectivity index (χ4v) is 4.03. The fourth-order valence-electron chi connectivity index (χ4n) is 3.08. The van der Waals surface area contributed by atoms with Gasteiger partial charge in [-0.1, -0.05) is 6.07 Å². The van der Waals surface area contributed by atoms with Gasteiger partial charge in [-0.25, -0.2) is 4.99 Å². The van der Waals surface area contributed by atoms with Gasteiger partial charge in [-0.2, -0.15) is 0 Å². The zero-order chi connectivity index (χ0) is 16.9. The van der Waals surface area contributed by atoms with Gasteiger partial charge in [-0.15, -0.1) is 11.3 Å². The van der Waals surface area contributed by atoms with Crippen molar-refractivity contribution in [2.75, 3.05) is 7.05 Å². The molecule has 6 heteroatoms. The number of carbonyl (C=O) groups is 1. The van der Waals surface area contributed by atoms with Crippen LogP contribution >= 0.6 is 11.3 Å². The number of nitrogens with two attached hydrogens (primary N) is 1. The predicted octanol–water partition coefficient (Wildman–Crippen LogP) is 3.55. The van der Waals surface area contributed by atoms with E-state index in [4.69, 9.17) is 10.2 Å². The van der Waals surface area contributed by atoms with E-state index in [2.05, 4.69) is 22.5 Å². The molecule has 2 aromatic heterocycles. The smallest absolute Gasteiger partial charge is 0.231 e. The Bertz CT molecular complexity index is 958. The number of carbonyl (C=O) groups excluding carboxylic acids is 1. The monoisotopic (exact) mass is 339 g/mol. The third kappa shape index (κ3) is 2.22. The summed E-state index contributed by atoms with van der Waals surface area (Å²) in [5.74, 6) is 0.236. The summed E-state index contributed by atoms with van der Waals surface area (Å²) in [5.41, 5.74) is 8.45. The minimum atomic E-state index is -0.641. The maximum atomic E-state index is 12.2. The lowest BCUT2D eigenvalue weighted by atomic mass is 9.86. The summed E-state index contributed by atoms with van der Waals surface area (Å²) in [6, 6.07) is 8.18. The second-order valence-electron chi connectivity index (χ2n) is 6.25. The quantitative estimate of drug-likeness (QED) is 0.776. The molecule has 1 aliphatic heterocycles. The highest BCUT2D eigenvalue weighted by Crippen LogP contribution is 2.39. The maximum absolute atomic E-state index is 12.2. The van der Waals surface area contributed by atoms with Gasteiger partial charge in [-0.05, 0) is 36.1 Å². The Labute approximate surface area is 143 Å². The molecular weight excluding hydrogens is 322 g/mol. The summed E-state index contributed by atoms with van der Waals surface area (Å²) < 4.78 is 6.40. The molecule has 24 heavy (non-hydrogen) atoms. The topological polar surface area (TPSA) is 71.8 Å². The molecule has 1 aliphatic rings. The van der Waals surface area contributed by atoms with Crippen LogP contribution in [0.5, 0.6) is 0 Å². The zero-order valence-electron chi connectivity index (χ0n) is 13.4. The lowest BCUT2D eigenvalue weighted by molar-refractivity contribution is -0.128. The van der Waals surface area contributed by atoms with E-state index in [1.807, 2.05) is 19.1 Å². The molecule has 1 aromatic carbocycles.